The van der Waals surface area contributed by atoms with Crippen molar-refractivity contribution in [3.05, 3.63) is 36.0 Å². The highest BCUT2D eigenvalue weighted by Gasteiger charge is 2.37. The Kier molecular flexibility index (Phi) is 4.44. The smallest absolute Gasteiger partial charge is 0.258 e. The van der Waals surface area contributed by atoms with E-state index in [1.165, 1.54) is 6.42 Å². The third-order valence-electron chi connectivity index (χ3n) is 5.24. The zero-order chi connectivity index (χ0) is 17.2. The molecule has 2 aliphatic rings. The predicted molar refractivity (Wildman–Crippen MR) is 93.6 cm³/mol. The van der Waals surface area contributed by atoms with Gasteiger partial charge in [0.15, 0.2) is 0 Å². The highest BCUT2D eigenvalue weighted by Crippen LogP contribution is 2.31. The average molecular weight is 341 g/mol. The van der Waals surface area contributed by atoms with E-state index in [1.807, 2.05) is 29.2 Å². The SMILES string of the molecule is COc1ccc(-c2[nH]ncc2C(=O)N2CCO[C@H]3CCCC[C@@H]32)cc1. The molecule has 1 saturated heterocycles. The number of aromatic amines is 1. The number of benzene rings is 1. The maximum atomic E-state index is 13.2. The number of amides is 1. The first-order chi connectivity index (χ1) is 12.3. The van der Waals surface area contributed by atoms with Gasteiger partial charge in [-0.15, -0.1) is 0 Å². The van der Waals surface area contributed by atoms with Crippen molar-refractivity contribution in [2.24, 2.45) is 0 Å². The summed E-state index contributed by atoms with van der Waals surface area (Å²) in [7, 11) is 1.64. The molecule has 1 aliphatic carbocycles. The number of carbonyl (C=O) groups is 1. The summed E-state index contributed by atoms with van der Waals surface area (Å²) in [5.41, 5.74) is 2.30. The number of nitrogens with one attached hydrogen (secondary N) is 1. The van der Waals surface area contributed by atoms with Gasteiger partial charge in [0, 0.05) is 12.1 Å². The number of methoxy groups -OCH3 is 1. The van der Waals surface area contributed by atoms with Crippen molar-refractivity contribution in [1.82, 2.24) is 15.1 Å². The van der Waals surface area contributed by atoms with Gasteiger partial charge in [-0.2, -0.15) is 5.10 Å². The molecule has 1 aliphatic heterocycles. The Labute approximate surface area is 147 Å². The molecule has 0 unspecified atom stereocenters. The molecule has 132 valence electrons. The summed E-state index contributed by atoms with van der Waals surface area (Å²) >= 11 is 0. The van der Waals surface area contributed by atoms with Gasteiger partial charge in [-0.25, -0.2) is 0 Å². The van der Waals surface area contributed by atoms with E-state index >= 15 is 0 Å². The molecule has 4 rings (SSSR count). The summed E-state index contributed by atoms with van der Waals surface area (Å²) in [6, 6.07) is 7.83. The highest BCUT2D eigenvalue weighted by atomic mass is 16.5. The molecule has 1 aromatic carbocycles. The Bertz CT molecular complexity index is 739. The number of hydrogen-bond donors (Lipinski definition) is 1. The number of rotatable bonds is 3. The summed E-state index contributed by atoms with van der Waals surface area (Å²) in [6.07, 6.45) is 6.23. The Balaban J connectivity index is 1.61. The second kappa shape index (κ2) is 6.88. The van der Waals surface area contributed by atoms with Crippen molar-refractivity contribution < 1.29 is 14.3 Å². The molecule has 2 aromatic rings. The molecule has 6 nitrogen and oxygen atoms in total. The predicted octanol–water partition coefficient (Wildman–Crippen LogP) is 2.87. The van der Waals surface area contributed by atoms with E-state index in [0.717, 1.165) is 36.3 Å². The fourth-order valence-electron chi connectivity index (χ4n) is 3.93. The first kappa shape index (κ1) is 16.1. The van der Waals surface area contributed by atoms with Gasteiger partial charge in [0.05, 0.1) is 43.3 Å². The van der Waals surface area contributed by atoms with Gasteiger partial charge >= 0.3 is 0 Å². The molecule has 1 saturated carbocycles. The zero-order valence-electron chi connectivity index (χ0n) is 14.4. The summed E-state index contributed by atoms with van der Waals surface area (Å²) in [5.74, 6) is 0.828. The fraction of sp³-hybridized carbons (Fsp3) is 0.474. The van der Waals surface area contributed by atoms with Crippen LogP contribution in [-0.2, 0) is 4.74 Å². The van der Waals surface area contributed by atoms with Gasteiger partial charge in [-0.3, -0.25) is 9.89 Å². The monoisotopic (exact) mass is 341 g/mol. The molecule has 1 amide bonds. The molecule has 0 bridgehead atoms. The van der Waals surface area contributed by atoms with Crippen molar-refractivity contribution in [2.45, 2.75) is 37.8 Å². The van der Waals surface area contributed by atoms with E-state index in [9.17, 15) is 4.79 Å². The van der Waals surface area contributed by atoms with Crippen LogP contribution < -0.4 is 4.74 Å². The molecule has 0 radical (unpaired) electrons. The Morgan fingerprint density at radius 2 is 2.08 bits per heavy atom. The lowest BCUT2D eigenvalue weighted by molar-refractivity contribution is -0.0752. The van der Waals surface area contributed by atoms with E-state index in [4.69, 9.17) is 9.47 Å². The van der Waals surface area contributed by atoms with E-state index in [0.29, 0.717) is 18.7 Å². The van der Waals surface area contributed by atoms with Gasteiger partial charge in [0.2, 0.25) is 0 Å². The lowest BCUT2D eigenvalue weighted by Crippen LogP contribution is -2.54. The number of aromatic nitrogens is 2. The van der Waals surface area contributed by atoms with Crippen molar-refractivity contribution in [3.63, 3.8) is 0 Å². The second-order valence-electron chi connectivity index (χ2n) is 6.65. The quantitative estimate of drug-likeness (QED) is 0.932. The van der Waals surface area contributed by atoms with Crippen LogP contribution in [0.2, 0.25) is 0 Å². The van der Waals surface area contributed by atoms with Crippen molar-refractivity contribution in [2.75, 3.05) is 20.3 Å². The second-order valence-corrected chi connectivity index (χ2v) is 6.65. The Morgan fingerprint density at radius 3 is 2.88 bits per heavy atom. The van der Waals surface area contributed by atoms with E-state index < -0.39 is 0 Å². The van der Waals surface area contributed by atoms with Gasteiger partial charge < -0.3 is 14.4 Å². The van der Waals surface area contributed by atoms with Crippen LogP contribution in [0.25, 0.3) is 11.3 Å². The maximum absolute atomic E-state index is 13.2. The van der Waals surface area contributed by atoms with Gasteiger partial charge in [0.25, 0.3) is 5.91 Å². The Morgan fingerprint density at radius 1 is 1.28 bits per heavy atom. The molecule has 1 N–H and O–H groups in total. The summed E-state index contributed by atoms with van der Waals surface area (Å²) in [4.78, 5) is 15.2. The molecule has 0 spiro atoms. The minimum atomic E-state index is 0.0415. The van der Waals surface area contributed by atoms with Crippen LogP contribution in [0.4, 0.5) is 0 Å². The molecule has 2 fully saturated rings. The van der Waals surface area contributed by atoms with Gasteiger partial charge in [0.1, 0.15) is 5.75 Å². The standard InChI is InChI=1S/C19H23N3O3/c1-24-14-8-6-13(7-9-14)18-15(12-20-21-18)19(23)22-10-11-25-17-5-3-2-4-16(17)22/h6-9,12,16-17H,2-5,10-11H2,1H3,(H,20,21)/t16-,17-/m0/s1. The topological polar surface area (TPSA) is 67.5 Å². The third-order valence-corrected chi connectivity index (χ3v) is 5.24. The first-order valence-electron chi connectivity index (χ1n) is 8.88. The summed E-state index contributed by atoms with van der Waals surface area (Å²) < 4.78 is 11.1. The lowest BCUT2D eigenvalue weighted by atomic mass is 9.89. The van der Waals surface area contributed by atoms with Gasteiger partial charge in [-0.05, 0) is 37.1 Å². The number of ether oxygens (including phenoxy) is 2. The molecule has 6 heteroatoms. The van der Waals surface area contributed by atoms with Crippen molar-refractivity contribution >= 4 is 5.91 Å². The molecule has 2 heterocycles. The molecular weight excluding hydrogens is 318 g/mol. The van der Waals surface area contributed by atoms with Crippen LogP contribution in [0, 0.1) is 0 Å². The van der Waals surface area contributed by atoms with Crippen LogP contribution in [0.3, 0.4) is 0 Å². The molecule has 25 heavy (non-hydrogen) atoms. The number of fused-ring (bicyclic) bond motifs is 1. The largest absolute Gasteiger partial charge is 0.497 e. The zero-order valence-corrected chi connectivity index (χ0v) is 14.4. The summed E-state index contributed by atoms with van der Waals surface area (Å²) in [5, 5.41) is 7.11. The Hall–Kier alpha value is -2.34. The maximum Gasteiger partial charge on any atom is 0.258 e. The van der Waals surface area contributed by atoms with E-state index in [-0.39, 0.29) is 18.1 Å². The number of nitrogens with zero attached hydrogens (tertiary/aromatic N) is 2. The van der Waals surface area contributed by atoms with Crippen LogP contribution in [-0.4, -0.2) is 53.4 Å². The van der Waals surface area contributed by atoms with Crippen LogP contribution >= 0.6 is 0 Å². The lowest BCUT2D eigenvalue weighted by Gasteiger charge is -2.43. The fourth-order valence-corrected chi connectivity index (χ4v) is 3.93. The average Bonchev–Trinajstić information content (AvgIpc) is 3.17. The normalized spacial score (nSPS) is 23.2. The summed E-state index contributed by atoms with van der Waals surface area (Å²) in [6.45, 7) is 1.26. The van der Waals surface area contributed by atoms with Crippen molar-refractivity contribution in [3.8, 4) is 17.0 Å². The van der Waals surface area contributed by atoms with Crippen LogP contribution in [0.5, 0.6) is 5.75 Å². The number of H-pyrrole nitrogens is 1. The third kappa shape index (κ3) is 3.02. The van der Waals surface area contributed by atoms with Crippen LogP contribution in [0.1, 0.15) is 36.0 Å². The molecule has 1 aromatic heterocycles. The van der Waals surface area contributed by atoms with Crippen molar-refractivity contribution in [1.29, 1.82) is 0 Å². The minimum Gasteiger partial charge on any atom is -0.497 e. The van der Waals surface area contributed by atoms with E-state index in [1.54, 1.807) is 13.3 Å². The highest BCUT2D eigenvalue weighted by molar-refractivity contribution is 6.00. The number of morpholine rings is 1. The molecular formula is C19H23N3O3. The van der Waals surface area contributed by atoms with E-state index in [2.05, 4.69) is 10.2 Å². The first-order valence-corrected chi connectivity index (χ1v) is 8.88. The molecule has 2 atom stereocenters. The number of hydrogen-bond acceptors (Lipinski definition) is 4. The minimum absolute atomic E-state index is 0.0415. The van der Waals surface area contributed by atoms with Gasteiger partial charge in [-0.1, -0.05) is 12.8 Å². The number of carbonyl (C=O) groups excluding carboxylic acids is 1. The van der Waals surface area contributed by atoms with Crippen LogP contribution in [0.15, 0.2) is 30.5 Å².